The lowest BCUT2D eigenvalue weighted by Crippen LogP contribution is -2.40. The lowest BCUT2D eigenvalue weighted by molar-refractivity contribution is 0.0674. The zero-order valence-electron chi connectivity index (χ0n) is 15.1. The molecule has 132 valence electrons. The Balaban J connectivity index is 1.53. The Labute approximate surface area is 153 Å². The molecule has 4 nitrogen and oxygen atoms in total. The van der Waals surface area contributed by atoms with Crippen LogP contribution in [-0.4, -0.2) is 33.9 Å². The lowest BCUT2D eigenvalue weighted by atomic mass is 9.92. The van der Waals surface area contributed by atoms with E-state index < -0.39 is 0 Å². The summed E-state index contributed by atoms with van der Waals surface area (Å²) in [6.45, 7) is 3.65. The van der Waals surface area contributed by atoms with Crippen LogP contribution in [0.15, 0.2) is 54.7 Å². The summed E-state index contributed by atoms with van der Waals surface area (Å²) in [5.74, 6) is 0.584. The van der Waals surface area contributed by atoms with Crippen molar-refractivity contribution >= 4 is 16.8 Å². The molecule has 0 bridgehead atoms. The molecule has 1 aliphatic rings. The van der Waals surface area contributed by atoms with Crippen LogP contribution >= 0.6 is 0 Å². The van der Waals surface area contributed by atoms with Crippen molar-refractivity contribution in [3.63, 3.8) is 0 Å². The van der Waals surface area contributed by atoms with Gasteiger partial charge in [-0.05, 0) is 62.4 Å². The quantitative estimate of drug-likeness (QED) is 0.720. The molecule has 1 saturated heterocycles. The second-order valence-corrected chi connectivity index (χ2v) is 7.11. The van der Waals surface area contributed by atoms with Crippen LogP contribution in [0.5, 0.6) is 0 Å². The topological polar surface area (TPSA) is 46.1 Å². The zero-order chi connectivity index (χ0) is 17.9. The maximum atomic E-state index is 13.1. The molecule has 1 atom stereocenters. The molecular weight excluding hydrogens is 322 g/mol. The number of hydrogen-bond acceptors (Lipinski definition) is 3. The number of likely N-dealkylation sites (tertiary alicyclic amines) is 1. The van der Waals surface area contributed by atoms with Crippen molar-refractivity contribution in [3.05, 3.63) is 71.7 Å². The summed E-state index contributed by atoms with van der Waals surface area (Å²) >= 11 is 0. The number of benzene rings is 1. The van der Waals surface area contributed by atoms with E-state index in [0.717, 1.165) is 60.2 Å². The summed E-state index contributed by atoms with van der Waals surface area (Å²) in [4.78, 5) is 24.1. The van der Waals surface area contributed by atoms with Gasteiger partial charge in [0.1, 0.15) is 0 Å². The molecule has 1 amide bonds. The first-order valence-electron chi connectivity index (χ1n) is 9.26. The number of pyridine rings is 2. The predicted molar refractivity (Wildman–Crippen MR) is 103 cm³/mol. The normalized spacial score (nSPS) is 17.4. The summed E-state index contributed by atoms with van der Waals surface area (Å²) in [6, 6.07) is 15.8. The van der Waals surface area contributed by atoms with Crippen molar-refractivity contribution in [2.75, 3.05) is 13.1 Å². The smallest absolute Gasteiger partial charge is 0.254 e. The van der Waals surface area contributed by atoms with Gasteiger partial charge in [-0.3, -0.25) is 14.8 Å². The van der Waals surface area contributed by atoms with Gasteiger partial charge in [-0.1, -0.05) is 18.2 Å². The molecule has 0 unspecified atom stereocenters. The Kier molecular flexibility index (Phi) is 4.65. The fourth-order valence-corrected chi connectivity index (χ4v) is 3.89. The van der Waals surface area contributed by atoms with Crippen molar-refractivity contribution in [3.8, 4) is 0 Å². The highest BCUT2D eigenvalue weighted by Crippen LogP contribution is 2.24. The third kappa shape index (κ3) is 3.45. The Bertz CT molecular complexity index is 932. The minimum atomic E-state index is 0.116. The monoisotopic (exact) mass is 345 g/mol. The molecule has 4 heteroatoms. The molecule has 3 aromatic rings. The van der Waals surface area contributed by atoms with E-state index in [9.17, 15) is 4.79 Å². The fraction of sp³-hybridized carbons (Fsp3) is 0.318. The number of aryl methyl sites for hydroxylation is 1. The number of fused-ring (bicyclic) bond motifs is 1. The molecule has 0 aliphatic carbocycles. The molecule has 0 N–H and O–H groups in total. The van der Waals surface area contributed by atoms with E-state index in [4.69, 9.17) is 0 Å². The summed E-state index contributed by atoms with van der Waals surface area (Å²) in [7, 11) is 0. The van der Waals surface area contributed by atoms with Crippen molar-refractivity contribution in [1.82, 2.24) is 14.9 Å². The lowest BCUT2D eigenvalue weighted by Gasteiger charge is -2.33. The Morgan fingerprint density at radius 2 is 2.04 bits per heavy atom. The summed E-state index contributed by atoms with van der Waals surface area (Å²) in [5, 5.41) is 0.933. The number of hydrogen-bond donors (Lipinski definition) is 0. The maximum absolute atomic E-state index is 13.1. The highest BCUT2D eigenvalue weighted by molar-refractivity contribution is 6.06. The van der Waals surface area contributed by atoms with Crippen molar-refractivity contribution in [2.24, 2.45) is 5.92 Å². The molecule has 0 spiro atoms. The molecule has 1 fully saturated rings. The van der Waals surface area contributed by atoms with Gasteiger partial charge in [-0.15, -0.1) is 0 Å². The number of carbonyl (C=O) groups excluding carboxylic acids is 1. The van der Waals surface area contributed by atoms with E-state index in [2.05, 4.69) is 22.1 Å². The van der Waals surface area contributed by atoms with Crippen molar-refractivity contribution in [2.45, 2.75) is 26.2 Å². The Morgan fingerprint density at radius 1 is 1.15 bits per heavy atom. The van der Waals surface area contributed by atoms with Gasteiger partial charge in [0, 0.05) is 41.6 Å². The minimum absolute atomic E-state index is 0.116. The molecule has 0 radical (unpaired) electrons. The number of nitrogens with zero attached hydrogens (tertiary/aromatic N) is 3. The van der Waals surface area contributed by atoms with Crippen LogP contribution in [0.2, 0.25) is 0 Å². The third-order valence-electron chi connectivity index (χ3n) is 5.13. The average Bonchev–Trinajstić information content (AvgIpc) is 2.67. The van der Waals surface area contributed by atoms with Gasteiger partial charge < -0.3 is 4.90 Å². The van der Waals surface area contributed by atoms with E-state index >= 15 is 0 Å². The van der Waals surface area contributed by atoms with Gasteiger partial charge in [0.15, 0.2) is 0 Å². The standard InChI is InChI=1S/C22H23N3O/c1-16-6-2-8-18(24-16)14-17-7-5-13-25(15-17)22(26)20-9-3-11-21-19(20)10-4-12-23-21/h2-4,6,8-12,17H,5,7,13-15H2,1H3/t17-/m1/s1. The highest BCUT2D eigenvalue weighted by atomic mass is 16.2. The van der Waals surface area contributed by atoms with Crippen LogP contribution in [0.4, 0.5) is 0 Å². The molecule has 1 aliphatic heterocycles. The maximum Gasteiger partial charge on any atom is 0.254 e. The zero-order valence-corrected chi connectivity index (χ0v) is 15.1. The minimum Gasteiger partial charge on any atom is -0.338 e. The van der Waals surface area contributed by atoms with E-state index in [1.807, 2.05) is 48.2 Å². The molecule has 2 aromatic heterocycles. The fourth-order valence-electron chi connectivity index (χ4n) is 3.89. The van der Waals surface area contributed by atoms with Crippen LogP contribution in [-0.2, 0) is 6.42 Å². The summed E-state index contributed by atoms with van der Waals surface area (Å²) in [6.07, 6.45) is 4.90. The number of amides is 1. The molecule has 4 rings (SSSR count). The van der Waals surface area contributed by atoms with Crippen molar-refractivity contribution < 1.29 is 4.79 Å². The van der Waals surface area contributed by atoms with Gasteiger partial charge in [0.2, 0.25) is 0 Å². The summed E-state index contributed by atoms with van der Waals surface area (Å²) in [5.41, 5.74) is 3.80. The average molecular weight is 345 g/mol. The van der Waals surface area contributed by atoms with Crippen LogP contribution in [0.1, 0.15) is 34.6 Å². The van der Waals surface area contributed by atoms with Gasteiger partial charge in [-0.25, -0.2) is 0 Å². The second-order valence-electron chi connectivity index (χ2n) is 7.11. The van der Waals surface area contributed by atoms with E-state index in [1.54, 1.807) is 6.20 Å². The Hall–Kier alpha value is -2.75. The van der Waals surface area contributed by atoms with Gasteiger partial charge in [0.05, 0.1) is 5.52 Å². The van der Waals surface area contributed by atoms with E-state index in [1.165, 1.54) is 0 Å². The van der Waals surface area contributed by atoms with Crippen LogP contribution in [0, 0.1) is 12.8 Å². The van der Waals surface area contributed by atoms with Gasteiger partial charge >= 0.3 is 0 Å². The second kappa shape index (κ2) is 7.24. The molecule has 3 heterocycles. The van der Waals surface area contributed by atoms with Gasteiger partial charge in [-0.2, -0.15) is 0 Å². The number of rotatable bonds is 3. The number of aromatic nitrogens is 2. The molecule has 1 aromatic carbocycles. The first kappa shape index (κ1) is 16.7. The van der Waals surface area contributed by atoms with Crippen molar-refractivity contribution in [1.29, 1.82) is 0 Å². The number of piperidine rings is 1. The molecular formula is C22H23N3O. The summed E-state index contributed by atoms with van der Waals surface area (Å²) < 4.78 is 0. The predicted octanol–water partition coefficient (Wildman–Crippen LogP) is 4.03. The SMILES string of the molecule is Cc1cccc(C[C@H]2CCCN(C(=O)c3cccc4ncccc34)C2)n1. The van der Waals surface area contributed by atoms with E-state index in [0.29, 0.717) is 5.92 Å². The number of carbonyl (C=O) groups is 1. The third-order valence-corrected chi connectivity index (χ3v) is 5.13. The van der Waals surface area contributed by atoms with Crippen LogP contribution in [0.3, 0.4) is 0 Å². The van der Waals surface area contributed by atoms with Crippen LogP contribution < -0.4 is 0 Å². The largest absolute Gasteiger partial charge is 0.338 e. The first-order chi connectivity index (χ1) is 12.7. The molecule has 26 heavy (non-hydrogen) atoms. The highest BCUT2D eigenvalue weighted by Gasteiger charge is 2.25. The Morgan fingerprint density at radius 3 is 2.92 bits per heavy atom. The van der Waals surface area contributed by atoms with Gasteiger partial charge in [0.25, 0.3) is 5.91 Å². The van der Waals surface area contributed by atoms with Crippen LogP contribution in [0.25, 0.3) is 10.9 Å². The first-order valence-corrected chi connectivity index (χ1v) is 9.26. The van der Waals surface area contributed by atoms with E-state index in [-0.39, 0.29) is 5.91 Å². The molecule has 0 saturated carbocycles.